The van der Waals surface area contributed by atoms with Gasteiger partial charge in [0.1, 0.15) is 29.3 Å². The number of hydrogen-bond donors (Lipinski definition) is 1. The average Bonchev–Trinajstić information content (AvgIpc) is 2.96. The van der Waals surface area contributed by atoms with Gasteiger partial charge < -0.3 is 19.0 Å². The summed E-state index contributed by atoms with van der Waals surface area (Å²) in [5.74, 6) is 0.444. The lowest BCUT2D eigenvalue weighted by atomic mass is 10.1. The number of furan rings is 1. The molecule has 0 saturated carbocycles. The normalized spacial score (nSPS) is 10.6. The number of ether oxygens (including phenoxy) is 2. The van der Waals surface area contributed by atoms with Crippen LogP contribution in [-0.4, -0.2) is 18.2 Å². The highest BCUT2D eigenvalue weighted by Gasteiger charge is 2.14. The highest BCUT2D eigenvalue weighted by molar-refractivity contribution is 6.01. The number of para-hydroxylation sites is 1. The van der Waals surface area contributed by atoms with Gasteiger partial charge in [-0.25, -0.2) is 4.79 Å². The summed E-state index contributed by atoms with van der Waals surface area (Å²) in [6, 6.07) is 12.3. The minimum Gasteiger partial charge on any atom is -0.497 e. The van der Waals surface area contributed by atoms with E-state index in [1.807, 2.05) is 30.3 Å². The Bertz CT molecular complexity index is 802. The van der Waals surface area contributed by atoms with Gasteiger partial charge in [-0.2, -0.15) is 0 Å². The quantitative estimate of drug-likeness (QED) is 0.777. The first-order valence-corrected chi connectivity index (χ1v) is 6.68. The van der Waals surface area contributed by atoms with Crippen LogP contribution >= 0.6 is 0 Å². The molecule has 0 aliphatic heterocycles. The van der Waals surface area contributed by atoms with E-state index in [4.69, 9.17) is 19.0 Å². The molecule has 1 heterocycles. The molecule has 0 atom stereocenters. The van der Waals surface area contributed by atoms with Gasteiger partial charge in [0.15, 0.2) is 0 Å². The highest BCUT2D eigenvalue weighted by Crippen LogP contribution is 2.26. The van der Waals surface area contributed by atoms with Gasteiger partial charge >= 0.3 is 5.97 Å². The number of benzene rings is 2. The molecule has 2 aromatic carbocycles. The van der Waals surface area contributed by atoms with Crippen LogP contribution < -0.4 is 9.47 Å². The molecular weight excluding hydrogens is 284 g/mol. The van der Waals surface area contributed by atoms with E-state index in [1.54, 1.807) is 13.2 Å². The molecule has 0 bridgehead atoms. The van der Waals surface area contributed by atoms with Gasteiger partial charge in [0.2, 0.25) is 0 Å². The lowest BCUT2D eigenvalue weighted by Gasteiger charge is -2.06. The third-order valence-corrected chi connectivity index (χ3v) is 3.36. The van der Waals surface area contributed by atoms with Gasteiger partial charge in [-0.15, -0.1) is 0 Å². The monoisotopic (exact) mass is 298 g/mol. The van der Waals surface area contributed by atoms with E-state index in [1.165, 1.54) is 12.3 Å². The van der Waals surface area contributed by atoms with Crippen molar-refractivity contribution in [1.82, 2.24) is 0 Å². The standard InChI is InChI=1S/C17H14O5/c1-20-12-5-7-13(8-6-12)21-9-11-10-22-16-14(11)3-2-4-15(16)17(18)19/h2-8,10H,9H2,1H3,(H,18,19). The molecule has 1 aromatic heterocycles. The van der Waals surface area contributed by atoms with Crippen molar-refractivity contribution in [2.24, 2.45) is 0 Å². The Kier molecular flexibility index (Phi) is 3.70. The maximum Gasteiger partial charge on any atom is 0.339 e. The molecule has 3 rings (SSSR count). The van der Waals surface area contributed by atoms with Crippen LogP contribution in [0.2, 0.25) is 0 Å². The summed E-state index contributed by atoms with van der Waals surface area (Å²) in [6.07, 6.45) is 1.53. The molecule has 0 fully saturated rings. The van der Waals surface area contributed by atoms with E-state index in [0.717, 1.165) is 16.7 Å². The van der Waals surface area contributed by atoms with Crippen molar-refractivity contribution >= 4 is 16.9 Å². The first-order valence-electron chi connectivity index (χ1n) is 6.68. The fraction of sp³-hybridized carbons (Fsp3) is 0.118. The van der Waals surface area contributed by atoms with Crippen molar-refractivity contribution in [3.8, 4) is 11.5 Å². The number of hydrogen-bond acceptors (Lipinski definition) is 4. The number of carboxylic acids is 1. The highest BCUT2D eigenvalue weighted by atomic mass is 16.5. The molecule has 0 radical (unpaired) electrons. The van der Waals surface area contributed by atoms with Gasteiger partial charge in [-0.1, -0.05) is 12.1 Å². The summed E-state index contributed by atoms with van der Waals surface area (Å²) in [5, 5.41) is 9.89. The van der Waals surface area contributed by atoms with Crippen molar-refractivity contribution in [2.75, 3.05) is 7.11 Å². The van der Waals surface area contributed by atoms with Crippen molar-refractivity contribution < 1.29 is 23.8 Å². The largest absolute Gasteiger partial charge is 0.497 e. The molecule has 22 heavy (non-hydrogen) atoms. The van der Waals surface area contributed by atoms with E-state index in [-0.39, 0.29) is 5.56 Å². The Balaban J connectivity index is 1.82. The maximum atomic E-state index is 11.2. The second-order valence-corrected chi connectivity index (χ2v) is 4.71. The molecule has 1 N–H and O–H groups in total. The van der Waals surface area contributed by atoms with Crippen LogP contribution in [0.25, 0.3) is 11.0 Å². The summed E-state index contributed by atoms with van der Waals surface area (Å²) in [5.41, 5.74) is 1.31. The van der Waals surface area contributed by atoms with Crippen LogP contribution in [0.1, 0.15) is 15.9 Å². The summed E-state index contributed by atoms with van der Waals surface area (Å²) in [4.78, 5) is 11.2. The third kappa shape index (κ3) is 2.61. The van der Waals surface area contributed by atoms with E-state index in [2.05, 4.69) is 0 Å². The van der Waals surface area contributed by atoms with Gasteiger partial charge in [-0.05, 0) is 30.3 Å². The smallest absolute Gasteiger partial charge is 0.339 e. The second kappa shape index (κ2) is 5.81. The van der Waals surface area contributed by atoms with E-state index < -0.39 is 5.97 Å². The predicted octanol–water partition coefficient (Wildman–Crippen LogP) is 3.72. The summed E-state index contributed by atoms with van der Waals surface area (Å²) in [7, 11) is 1.60. The topological polar surface area (TPSA) is 68.9 Å². The molecule has 0 aliphatic carbocycles. The number of carbonyl (C=O) groups is 1. The van der Waals surface area contributed by atoms with Gasteiger partial charge in [0.05, 0.1) is 13.4 Å². The number of carboxylic acid groups (broad SMARTS) is 1. The van der Waals surface area contributed by atoms with E-state index in [9.17, 15) is 4.79 Å². The number of aromatic carboxylic acids is 1. The fourth-order valence-electron chi connectivity index (χ4n) is 2.22. The zero-order valence-electron chi connectivity index (χ0n) is 11.9. The summed E-state index contributed by atoms with van der Waals surface area (Å²) >= 11 is 0. The SMILES string of the molecule is COc1ccc(OCc2coc3c(C(=O)O)cccc23)cc1. The first kappa shape index (κ1) is 14.0. The predicted molar refractivity (Wildman–Crippen MR) is 80.5 cm³/mol. The molecule has 5 heteroatoms. The molecule has 5 nitrogen and oxygen atoms in total. The van der Waals surface area contributed by atoms with Gasteiger partial charge in [0, 0.05) is 10.9 Å². The molecule has 0 saturated heterocycles. The lowest BCUT2D eigenvalue weighted by molar-refractivity contribution is 0.0698. The van der Waals surface area contributed by atoms with Gasteiger partial charge in [-0.3, -0.25) is 0 Å². The van der Waals surface area contributed by atoms with Crippen LogP contribution in [-0.2, 0) is 6.61 Å². The third-order valence-electron chi connectivity index (χ3n) is 3.36. The van der Waals surface area contributed by atoms with Crippen LogP contribution in [0.3, 0.4) is 0 Å². The fourth-order valence-corrected chi connectivity index (χ4v) is 2.22. The van der Waals surface area contributed by atoms with Crippen LogP contribution in [0, 0.1) is 0 Å². The van der Waals surface area contributed by atoms with E-state index >= 15 is 0 Å². The maximum absolute atomic E-state index is 11.2. The second-order valence-electron chi connectivity index (χ2n) is 4.71. The zero-order valence-corrected chi connectivity index (χ0v) is 11.9. The van der Waals surface area contributed by atoms with Crippen LogP contribution in [0.4, 0.5) is 0 Å². The van der Waals surface area contributed by atoms with Crippen molar-refractivity contribution in [1.29, 1.82) is 0 Å². The Labute approximate surface area is 126 Å². The average molecular weight is 298 g/mol. The van der Waals surface area contributed by atoms with Crippen molar-refractivity contribution in [3.05, 3.63) is 59.9 Å². The summed E-state index contributed by atoms with van der Waals surface area (Å²) in [6.45, 7) is 0.294. The Morgan fingerprint density at radius 2 is 1.86 bits per heavy atom. The zero-order chi connectivity index (χ0) is 15.5. The first-order chi connectivity index (χ1) is 10.7. The van der Waals surface area contributed by atoms with Crippen molar-refractivity contribution in [3.63, 3.8) is 0 Å². The summed E-state index contributed by atoms with van der Waals surface area (Å²) < 4.78 is 16.2. The molecule has 0 spiro atoms. The van der Waals surface area contributed by atoms with Crippen molar-refractivity contribution in [2.45, 2.75) is 6.61 Å². The minimum atomic E-state index is -1.01. The van der Waals surface area contributed by atoms with Gasteiger partial charge in [0.25, 0.3) is 0 Å². The molecule has 0 aliphatic rings. The Morgan fingerprint density at radius 3 is 2.55 bits per heavy atom. The Hall–Kier alpha value is -2.95. The van der Waals surface area contributed by atoms with Crippen LogP contribution in [0.15, 0.2) is 53.1 Å². The number of fused-ring (bicyclic) bond motifs is 1. The number of methoxy groups -OCH3 is 1. The van der Waals surface area contributed by atoms with Crippen LogP contribution in [0.5, 0.6) is 11.5 Å². The van der Waals surface area contributed by atoms with E-state index in [0.29, 0.717) is 17.9 Å². The Morgan fingerprint density at radius 1 is 1.14 bits per heavy atom. The molecule has 112 valence electrons. The molecular formula is C17H14O5. The molecule has 0 amide bonds. The number of rotatable bonds is 5. The molecule has 0 unspecified atom stereocenters. The lowest BCUT2D eigenvalue weighted by Crippen LogP contribution is -1.97. The molecule has 3 aromatic rings. The minimum absolute atomic E-state index is 0.146.